The van der Waals surface area contributed by atoms with Gasteiger partial charge < -0.3 is 4.90 Å². The molecule has 1 aliphatic rings. The van der Waals surface area contributed by atoms with E-state index >= 15 is 0 Å². The molecule has 4 aromatic rings. The second-order valence-corrected chi connectivity index (χ2v) is 13.3. The summed E-state index contributed by atoms with van der Waals surface area (Å²) in [5.41, 5.74) is 3.84. The van der Waals surface area contributed by atoms with Crippen LogP contribution in [0, 0.1) is 0 Å². The molecular weight excluding hydrogens is 536 g/mol. The van der Waals surface area contributed by atoms with E-state index in [1.807, 2.05) is 24.3 Å². The first kappa shape index (κ1) is 28.6. The summed E-state index contributed by atoms with van der Waals surface area (Å²) < 4.78 is 28.1. The number of likely N-dealkylation sites (N-methyl/N-ethyl adjacent to an activating group) is 1. The normalized spacial score (nSPS) is 16.6. The molecule has 0 amide bonds. The van der Waals surface area contributed by atoms with E-state index in [1.165, 1.54) is 15.4 Å². The van der Waals surface area contributed by atoms with Crippen LogP contribution in [0.4, 0.5) is 0 Å². The van der Waals surface area contributed by atoms with Gasteiger partial charge in [-0.05, 0) is 85.8 Å². The van der Waals surface area contributed by atoms with Crippen LogP contribution in [0.1, 0.15) is 41.9 Å². The first-order chi connectivity index (χ1) is 19.4. The molecule has 1 heterocycles. The van der Waals surface area contributed by atoms with Gasteiger partial charge in [0.2, 0.25) is 10.0 Å². The second-order valence-electron chi connectivity index (χ2n) is 10.8. The predicted molar refractivity (Wildman–Crippen MR) is 164 cm³/mol. The Morgan fingerprint density at radius 2 is 1.35 bits per heavy atom. The van der Waals surface area contributed by atoms with Crippen LogP contribution in [0.2, 0.25) is 5.02 Å². The fourth-order valence-electron chi connectivity index (χ4n) is 6.06. The van der Waals surface area contributed by atoms with Crippen LogP contribution in [-0.4, -0.2) is 50.8 Å². The van der Waals surface area contributed by atoms with Crippen molar-refractivity contribution < 1.29 is 8.42 Å². The van der Waals surface area contributed by atoms with Gasteiger partial charge in [-0.2, -0.15) is 0 Å². The average molecular weight is 573 g/mol. The first-order valence-corrected chi connectivity index (χ1v) is 15.8. The zero-order chi connectivity index (χ0) is 28.0. The van der Waals surface area contributed by atoms with Gasteiger partial charge in [-0.15, -0.1) is 0 Å². The summed E-state index contributed by atoms with van der Waals surface area (Å²) in [5, 5.41) is 0.671. The molecule has 0 bridgehead atoms. The summed E-state index contributed by atoms with van der Waals surface area (Å²) in [5.74, 6) is 0.0251. The van der Waals surface area contributed by atoms with E-state index in [2.05, 4.69) is 71.6 Å². The molecule has 6 heteroatoms. The zero-order valence-corrected chi connectivity index (χ0v) is 24.6. The van der Waals surface area contributed by atoms with Crippen molar-refractivity contribution in [3.63, 3.8) is 0 Å². The highest BCUT2D eigenvalue weighted by molar-refractivity contribution is 7.89. The number of rotatable bonds is 10. The molecule has 4 aromatic carbocycles. The lowest BCUT2D eigenvalue weighted by molar-refractivity contribution is 0.172. The summed E-state index contributed by atoms with van der Waals surface area (Å²) in [4.78, 5) is 2.85. The number of nitrogens with zero attached hydrogens (tertiary/aromatic N) is 2. The summed E-state index contributed by atoms with van der Waals surface area (Å²) in [6.07, 6.45) is 2.94. The van der Waals surface area contributed by atoms with E-state index in [9.17, 15) is 8.42 Å². The van der Waals surface area contributed by atoms with Gasteiger partial charge in [-0.1, -0.05) is 103 Å². The number of piperidine rings is 1. The molecule has 0 aliphatic carbocycles. The summed E-state index contributed by atoms with van der Waals surface area (Å²) in [6.45, 7) is 3.27. The molecule has 0 saturated carbocycles. The van der Waals surface area contributed by atoms with Gasteiger partial charge in [0.15, 0.2) is 0 Å². The molecule has 0 unspecified atom stereocenters. The number of sulfonamides is 1. The number of halogens is 1. The Labute approximate surface area is 244 Å². The molecule has 1 saturated heterocycles. The summed E-state index contributed by atoms with van der Waals surface area (Å²) >= 11 is 6.37. The van der Waals surface area contributed by atoms with Crippen LogP contribution in [0.5, 0.6) is 0 Å². The highest BCUT2D eigenvalue weighted by Gasteiger charge is 2.37. The molecule has 5 rings (SSSR count). The van der Waals surface area contributed by atoms with Crippen molar-refractivity contribution in [3.05, 3.63) is 137 Å². The average Bonchev–Trinajstić information content (AvgIpc) is 3.00. The van der Waals surface area contributed by atoms with Crippen molar-refractivity contribution in [2.45, 2.75) is 35.5 Å². The lowest BCUT2D eigenvalue weighted by Crippen LogP contribution is -2.44. The Morgan fingerprint density at radius 3 is 1.90 bits per heavy atom. The molecular formula is C34H37ClN2O2S. The van der Waals surface area contributed by atoms with Gasteiger partial charge in [0.05, 0.1) is 4.90 Å². The second kappa shape index (κ2) is 12.7. The lowest BCUT2D eigenvalue weighted by atomic mass is 9.68. The van der Waals surface area contributed by atoms with E-state index in [4.69, 9.17) is 11.6 Å². The highest BCUT2D eigenvalue weighted by atomic mass is 35.5. The van der Waals surface area contributed by atoms with Gasteiger partial charge in [-0.25, -0.2) is 12.7 Å². The van der Waals surface area contributed by atoms with Crippen LogP contribution in [-0.2, 0) is 15.4 Å². The smallest absolute Gasteiger partial charge is 0.242 e. The van der Waals surface area contributed by atoms with E-state index in [-0.39, 0.29) is 11.3 Å². The van der Waals surface area contributed by atoms with Crippen LogP contribution in [0.25, 0.3) is 0 Å². The van der Waals surface area contributed by atoms with Crippen molar-refractivity contribution in [1.82, 2.24) is 9.21 Å². The Kier molecular flexibility index (Phi) is 9.07. The van der Waals surface area contributed by atoms with E-state index in [0.717, 1.165) is 44.5 Å². The maximum Gasteiger partial charge on any atom is 0.242 e. The Bertz CT molecular complexity index is 1430. The standard InChI is InChI=1S/C34H37ClN2O2S/c1-36(40(38,39)33-18-9-4-10-19-33)27-29(28-12-11-17-32(35)26-28)20-23-37-24-21-34(22-25-37,30-13-5-2-6-14-30)31-15-7-3-8-16-31/h2-19,26,29H,20-25,27H2,1H3/t29-/m1/s1. The summed E-state index contributed by atoms with van der Waals surface area (Å²) in [7, 11) is -1.91. The molecule has 0 spiro atoms. The number of benzene rings is 4. The minimum Gasteiger partial charge on any atom is -0.303 e. The molecule has 1 aliphatic heterocycles. The number of hydrogen-bond donors (Lipinski definition) is 0. The van der Waals surface area contributed by atoms with Gasteiger partial charge in [0.25, 0.3) is 0 Å². The van der Waals surface area contributed by atoms with Crippen molar-refractivity contribution >= 4 is 21.6 Å². The van der Waals surface area contributed by atoms with Gasteiger partial charge >= 0.3 is 0 Å². The molecule has 40 heavy (non-hydrogen) atoms. The monoisotopic (exact) mass is 572 g/mol. The van der Waals surface area contributed by atoms with E-state index in [1.54, 1.807) is 31.3 Å². The molecule has 4 nitrogen and oxygen atoms in total. The largest absolute Gasteiger partial charge is 0.303 e. The third-order valence-electron chi connectivity index (χ3n) is 8.41. The number of hydrogen-bond acceptors (Lipinski definition) is 3. The lowest BCUT2D eigenvalue weighted by Gasteiger charge is -2.43. The minimum absolute atomic E-state index is 0.00928. The molecule has 208 valence electrons. The Morgan fingerprint density at radius 1 is 0.800 bits per heavy atom. The predicted octanol–water partition coefficient (Wildman–Crippen LogP) is 7.22. The SMILES string of the molecule is CN(C[C@@H](CCN1CCC(c2ccccc2)(c2ccccc2)CC1)c1cccc(Cl)c1)S(=O)(=O)c1ccccc1. The van der Waals surface area contributed by atoms with E-state index in [0.29, 0.717) is 16.5 Å². The van der Waals surface area contributed by atoms with E-state index < -0.39 is 10.0 Å². The number of likely N-dealkylation sites (tertiary alicyclic amines) is 1. The zero-order valence-electron chi connectivity index (χ0n) is 23.0. The highest BCUT2D eigenvalue weighted by Crippen LogP contribution is 2.42. The third kappa shape index (κ3) is 6.34. The van der Waals surface area contributed by atoms with Crippen molar-refractivity contribution in [1.29, 1.82) is 0 Å². The summed E-state index contributed by atoms with van der Waals surface area (Å²) in [6, 6.07) is 38.3. The maximum absolute atomic E-state index is 13.3. The van der Waals surface area contributed by atoms with Gasteiger partial charge in [-0.3, -0.25) is 0 Å². The minimum atomic E-state index is -3.59. The van der Waals surface area contributed by atoms with Crippen LogP contribution in [0.15, 0.2) is 120 Å². The van der Waals surface area contributed by atoms with Crippen molar-refractivity contribution in [3.8, 4) is 0 Å². The molecule has 0 radical (unpaired) electrons. The van der Waals surface area contributed by atoms with Crippen molar-refractivity contribution in [2.24, 2.45) is 0 Å². The van der Waals surface area contributed by atoms with Crippen molar-refractivity contribution in [2.75, 3.05) is 33.2 Å². The Hall–Kier alpha value is -2.96. The van der Waals surface area contributed by atoms with Gasteiger partial charge in [0.1, 0.15) is 0 Å². The van der Waals surface area contributed by atoms with Gasteiger partial charge in [0, 0.05) is 24.0 Å². The molecule has 0 aromatic heterocycles. The topological polar surface area (TPSA) is 40.6 Å². The maximum atomic E-state index is 13.3. The molecule has 0 N–H and O–H groups in total. The molecule has 1 fully saturated rings. The molecule has 1 atom stereocenters. The fraction of sp³-hybridized carbons (Fsp3) is 0.294. The fourth-order valence-corrected chi connectivity index (χ4v) is 7.50. The van der Waals surface area contributed by atoms with Crippen LogP contribution < -0.4 is 0 Å². The first-order valence-electron chi connectivity index (χ1n) is 14.0. The third-order valence-corrected chi connectivity index (χ3v) is 10.5. The quantitative estimate of drug-likeness (QED) is 0.201. The van der Waals surface area contributed by atoms with Crippen LogP contribution >= 0.6 is 11.6 Å². The Balaban J connectivity index is 1.31. The van der Waals surface area contributed by atoms with Crippen LogP contribution in [0.3, 0.4) is 0 Å².